The number of rotatable bonds is 2. The number of hydrogen-bond donors (Lipinski definition) is 1. The molecule has 0 spiro atoms. The molecule has 3 heteroatoms. The van der Waals surface area contributed by atoms with Crippen LogP contribution in [0.4, 0.5) is 0 Å². The number of carbonyl (C=O) groups is 1. The quantitative estimate of drug-likeness (QED) is 0.692. The van der Waals surface area contributed by atoms with E-state index in [9.17, 15) is 4.79 Å². The molecule has 1 aliphatic heterocycles. The average Bonchev–Trinajstić information content (AvgIpc) is 2.32. The lowest BCUT2D eigenvalue weighted by molar-refractivity contribution is -0.142. The van der Waals surface area contributed by atoms with Gasteiger partial charge in [-0.3, -0.25) is 4.79 Å². The number of carboxylic acid groups (broad SMARTS) is 1. The highest BCUT2D eigenvalue weighted by atomic mass is 32.2. The Morgan fingerprint density at radius 1 is 1.55 bits per heavy atom. The molecule has 0 saturated carbocycles. The van der Waals surface area contributed by atoms with Crippen LogP contribution in [0.15, 0.2) is 0 Å². The van der Waals surface area contributed by atoms with Gasteiger partial charge in [0.1, 0.15) is 0 Å². The van der Waals surface area contributed by atoms with Gasteiger partial charge in [-0.05, 0) is 17.6 Å². The van der Waals surface area contributed by atoms with Crippen LogP contribution in [0.5, 0.6) is 0 Å². The molecule has 0 amide bonds. The van der Waals surface area contributed by atoms with Crippen molar-refractivity contribution >= 4 is 17.7 Å². The van der Waals surface area contributed by atoms with Crippen LogP contribution in [0.25, 0.3) is 0 Å². The first-order valence-electron chi connectivity index (χ1n) is 3.93. The molecule has 0 aromatic carbocycles. The molecule has 1 rings (SSSR count). The van der Waals surface area contributed by atoms with Crippen LogP contribution in [0, 0.1) is 17.8 Å². The second-order valence-corrected chi connectivity index (χ2v) is 4.46. The summed E-state index contributed by atoms with van der Waals surface area (Å²) in [7, 11) is 0. The number of hydrogen-bond acceptors (Lipinski definition) is 2. The van der Waals surface area contributed by atoms with Gasteiger partial charge in [-0.25, -0.2) is 0 Å². The fraction of sp³-hybridized carbons (Fsp3) is 0.875. The van der Waals surface area contributed by atoms with Crippen LogP contribution in [0.3, 0.4) is 0 Å². The largest absolute Gasteiger partial charge is 0.481 e. The molecule has 2 nitrogen and oxygen atoms in total. The van der Waals surface area contributed by atoms with E-state index >= 15 is 0 Å². The van der Waals surface area contributed by atoms with Gasteiger partial charge in [0.05, 0.1) is 5.92 Å². The summed E-state index contributed by atoms with van der Waals surface area (Å²) in [5.41, 5.74) is 0. The molecule has 64 valence electrons. The summed E-state index contributed by atoms with van der Waals surface area (Å²) in [6, 6.07) is 0. The van der Waals surface area contributed by atoms with Gasteiger partial charge < -0.3 is 5.11 Å². The standard InChI is InChI=1S/C8H14O2S/c1-5(2)6-3-11-4-7(6)8(9)10/h5-7H,3-4H2,1-2H3,(H,9,10). The molecule has 1 N–H and O–H groups in total. The lowest BCUT2D eigenvalue weighted by atomic mass is 9.86. The third-order valence-electron chi connectivity index (χ3n) is 2.30. The van der Waals surface area contributed by atoms with Crippen molar-refractivity contribution in [1.82, 2.24) is 0 Å². The Balaban J connectivity index is 2.58. The summed E-state index contributed by atoms with van der Waals surface area (Å²) in [4.78, 5) is 10.7. The first-order valence-corrected chi connectivity index (χ1v) is 5.09. The summed E-state index contributed by atoms with van der Waals surface area (Å²) in [5, 5.41) is 8.82. The number of aliphatic carboxylic acids is 1. The molecule has 11 heavy (non-hydrogen) atoms. The van der Waals surface area contributed by atoms with Crippen molar-refractivity contribution in [1.29, 1.82) is 0 Å². The minimum atomic E-state index is -0.617. The van der Waals surface area contributed by atoms with Crippen molar-refractivity contribution in [3.8, 4) is 0 Å². The average molecular weight is 174 g/mol. The molecule has 0 aromatic heterocycles. The molecule has 1 fully saturated rings. The van der Waals surface area contributed by atoms with Crippen molar-refractivity contribution in [2.75, 3.05) is 11.5 Å². The van der Waals surface area contributed by atoms with E-state index < -0.39 is 5.97 Å². The predicted molar refractivity (Wildman–Crippen MR) is 46.8 cm³/mol. The van der Waals surface area contributed by atoms with Crippen LogP contribution >= 0.6 is 11.8 Å². The Labute approximate surface area is 71.4 Å². The molecule has 0 aliphatic carbocycles. The molecule has 1 heterocycles. The van der Waals surface area contributed by atoms with Crippen LogP contribution < -0.4 is 0 Å². The molecule has 0 radical (unpaired) electrons. The maximum atomic E-state index is 10.7. The molecule has 1 aliphatic rings. The summed E-state index contributed by atoms with van der Waals surface area (Å²) < 4.78 is 0. The van der Waals surface area contributed by atoms with E-state index in [2.05, 4.69) is 13.8 Å². The zero-order valence-corrected chi connectivity index (χ0v) is 7.73. The number of carboxylic acids is 1. The molecular formula is C8H14O2S. The smallest absolute Gasteiger partial charge is 0.307 e. The normalized spacial score (nSPS) is 31.2. The van der Waals surface area contributed by atoms with Crippen LogP contribution in [0.1, 0.15) is 13.8 Å². The van der Waals surface area contributed by atoms with Gasteiger partial charge in [-0.15, -0.1) is 0 Å². The Kier molecular flexibility index (Phi) is 2.82. The lowest BCUT2D eigenvalue weighted by Gasteiger charge is -2.17. The molecule has 0 aromatic rings. The highest BCUT2D eigenvalue weighted by molar-refractivity contribution is 7.99. The third kappa shape index (κ3) is 1.89. The van der Waals surface area contributed by atoms with E-state index in [-0.39, 0.29) is 5.92 Å². The lowest BCUT2D eigenvalue weighted by Crippen LogP contribution is -2.25. The molecule has 2 atom stereocenters. The summed E-state index contributed by atoms with van der Waals surface area (Å²) in [6.07, 6.45) is 0. The topological polar surface area (TPSA) is 37.3 Å². The van der Waals surface area contributed by atoms with E-state index in [1.807, 2.05) is 0 Å². The first-order chi connectivity index (χ1) is 5.13. The zero-order valence-electron chi connectivity index (χ0n) is 6.91. The van der Waals surface area contributed by atoms with Crippen LogP contribution in [0.2, 0.25) is 0 Å². The van der Waals surface area contributed by atoms with E-state index in [0.717, 1.165) is 11.5 Å². The van der Waals surface area contributed by atoms with Gasteiger partial charge in [-0.1, -0.05) is 13.8 Å². The Morgan fingerprint density at radius 3 is 2.55 bits per heavy atom. The van der Waals surface area contributed by atoms with E-state index in [1.165, 1.54) is 0 Å². The molecule has 2 unspecified atom stereocenters. The summed E-state index contributed by atoms with van der Waals surface area (Å²) >= 11 is 1.77. The van der Waals surface area contributed by atoms with Crippen molar-refractivity contribution in [2.45, 2.75) is 13.8 Å². The second kappa shape index (κ2) is 3.48. The van der Waals surface area contributed by atoms with E-state index in [4.69, 9.17) is 5.11 Å². The van der Waals surface area contributed by atoms with Gasteiger partial charge in [0.15, 0.2) is 0 Å². The second-order valence-electron chi connectivity index (χ2n) is 3.39. The Morgan fingerprint density at radius 2 is 2.18 bits per heavy atom. The van der Waals surface area contributed by atoms with Gasteiger partial charge in [0.25, 0.3) is 0 Å². The van der Waals surface area contributed by atoms with Crippen LogP contribution in [-0.2, 0) is 4.79 Å². The Bertz CT molecular complexity index is 156. The monoisotopic (exact) mass is 174 g/mol. The third-order valence-corrected chi connectivity index (χ3v) is 3.51. The maximum Gasteiger partial charge on any atom is 0.307 e. The fourth-order valence-corrected chi connectivity index (χ4v) is 3.15. The van der Waals surface area contributed by atoms with Gasteiger partial charge in [-0.2, -0.15) is 11.8 Å². The van der Waals surface area contributed by atoms with Crippen molar-refractivity contribution in [3.63, 3.8) is 0 Å². The molecule has 1 saturated heterocycles. The van der Waals surface area contributed by atoms with E-state index in [1.54, 1.807) is 11.8 Å². The minimum absolute atomic E-state index is 0.0972. The van der Waals surface area contributed by atoms with Crippen molar-refractivity contribution in [3.05, 3.63) is 0 Å². The predicted octanol–water partition coefficient (Wildman–Crippen LogP) is 1.71. The van der Waals surface area contributed by atoms with Gasteiger partial charge >= 0.3 is 5.97 Å². The Hall–Kier alpha value is -0.180. The summed E-state index contributed by atoms with van der Waals surface area (Å²) in [5.74, 6) is 2.00. The highest BCUT2D eigenvalue weighted by Gasteiger charge is 2.34. The highest BCUT2D eigenvalue weighted by Crippen LogP contribution is 2.34. The zero-order chi connectivity index (χ0) is 8.43. The van der Waals surface area contributed by atoms with Crippen molar-refractivity contribution in [2.24, 2.45) is 17.8 Å². The molecular weight excluding hydrogens is 160 g/mol. The minimum Gasteiger partial charge on any atom is -0.481 e. The number of thioether (sulfide) groups is 1. The van der Waals surface area contributed by atoms with Crippen LogP contribution in [-0.4, -0.2) is 22.6 Å². The molecule has 0 bridgehead atoms. The maximum absolute atomic E-state index is 10.7. The fourth-order valence-electron chi connectivity index (χ4n) is 1.48. The van der Waals surface area contributed by atoms with Crippen molar-refractivity contribution < 1.29 is 9.90 Å². The summed E-state index contributed by atoms with van der Waals surface area (Å²) in [6.45, 7) is 4.21. The van der Waals surface area contributed by atoms with Gasteiger partial charge in [0.2, 0.25) is 0 Å². The SMILES string of the molecule is CC(C)C1CSCC1C(=O)O. The van der Waals surface area contributed by atoms with E-state index in [0.29, 0.717) is 11.8 Å². The first kappa shape index (κ1) is 8.91. The van der Waals surface area contributed by atoms with Gasteiger partial charge in [0, 0.05) is 5.75 Å².